The number of carboxylic acids is 2. The van der Waals surface area contributed by atoms with Gasteiger partial charge in [-0.1, -0.05) is 0 Å². The summed E-state index contributed by atoms with van der Waals surface area (Å²) in [5, 5.41) is 33.5. The third kappa shape index (κ3) is 8.61. The second-order valence-electron chi connectivity index (χ2n) is 6.37. The van der Waals surface area contributed by atoms with Crippen LogP contribution < -0.4 is 21.7 Å². The summed E-state index contributed by atoms with van der Waals surface area (Å²) in [5.74, 6) is -5.64. The molecule has 0 aliphatic carbocycles. The molecular weight excluding hydrogens is 436 g/mol. The fourth-order valence-electron chi connectivity index (χ4n) is 2.31. The van der Waals surface area contributed by atoms with Crippen molar-refractivity contribution in [2.75, 3.05) is 12.4 Å². The molecule has 31 heavy (non-hydrogen) atoms. The van der Waals surface area contributed by atoms with Gasteiger partial charge in [-0.2, -0.15) is 12.6 Å². The quantitative estimate of drug-likeness (QED) is 0.130. The zero-order chi connectivity index (χ0) is 23.6. The summed E-state index contributed by atoms with van der Waals surface area (Å²) in [6.45, 7) is -0.872. The average Bonchev–Trinajstić information content (AvgIpc) is 3.21. The summed E-state index contributed by atoms with van der Waals surface area (Å²) in [6, 6.07) is -5.56. The number of carboxylic acid groups (broad SMARTS) is 2. The van der Waals surface area contributed by atoms with Crippen LogP contribution in [0.1, 0.15) is 12.1 Å². The van der Waals surface area contributed by atoms with E-state index in [9.17, 15) is 24.0 Å². The van der Waals surface area contributed by atoms with Crippen LogP contribution in [0.5, 0.6) is 0 Å². The van der Waals surface area contributed by atoms with Gasteiger partial charge >= 0.3 is 11.9 Å². The number of nitrogens with two attached hydrogens (primary N) is 1. The molecule has 1 aromatic heterocycles. The van der Waals surface area contributed by atoms with Gasteiger partial charge in [-0.05, 0) is 0 Å². The number of hydrogen-bond acceptors (Lipinski definition) is 9. The molecule has 0 bridgehead atoms. The summed E-state index contributed by atoms with van der Waals surface area (Å²) in [6.07, 6.45) is 1.95. The van der Waals surface area contributed by atoms with Crippen LogP contribution in [-0.2, 0) is 30.4 Å². The first-order chi connectivity index (χ1) is 14.6. The van der Waals surface area contributed by atoms with Gasteiger partial charge in [0.15, 0.2) is 0 Å². The number of imidazole rings is 1. The van der Waals surface area contributed by atoms with Crippen LogP contribution in [0.4, 0.5) is 0 Å². The van der Waals surface area contributed by atoms with Crippen LogP contribution >= 0.6 is 12.6 Å². The number of nitrogens with zero attached hydrogens (tertiary/aromatic N) is 1. The first-order valence-electron chi connectivity index (χ1n) is 8.89. The van der Waals surface area contributed by atoms with Gasteiger partial charge in [0, 0.05) is 24.1 Å². The molecule has 0 aliphatic heterocycles. The zero-order valence-corrected chi connectivity index (χ0v) is 17.0. The molecule has 3 amide bonds. The lowest BCUT2D eigenvalue weighted by Gasteiger charge is -2.23. The highest BCUT2D eigenvalue weighted by Gasteiger charge is 2.30. The molecule has 0 fully saturated rings. The Hall–Kier alpha value is -3.17. The van der Waals surface area contributed by atoms with E-state index >= 15 is 0 Å². The zero-order valence-electron chi connectivity index (χ0n) is 16.1. The summed E-state index contributed by atoms with van der Waals surface area (Å²) in [4.78, 5) is 65.3. The minimum Gasteiger partial charge on any atom is -0.481 e. The fraction of sp³-hybridized carbons (Fsp3) is 0.500. The summed E-state index contributed by atoms with van der Waals surface area (Å²) in [5.41, 5.74) is 5.89. The molecule has 4 unspecified atom stereocenters. The molecule has 1 rings (SSSR count). The van der Waals surface area contributed by atoms with Crippen LogP contribution in [-0.4, -0.2) is 91.5 Å². The van der Waals surface area contributed by atoms with Crippen molar-refractivity contribution in [3.05, 3.63) is 18.2 Å². The van der Waals surface area contributed by atoms with Crippen LogP contribution in [0.2, 0.25) is 0 Å². The van der Waals surface area contributed by atoms with Gasteiger partial charge in [0.05, 0.1) is 25.4 Å². The first kappa shape index (κ1) is 25.9. The molecule has 0 spiro atoms. The molecule has 15 heteroatoms. The standard InChI is InChI=1S/C16H24N6O8S/c17-8(2-12(24)25)13(26)22-11(5-31)15(28)20-9(1-7-3-18-6-19-7)14(27)21-10(4-23)16(29)30/h3,6,8-11,23,31H,1-2,4-5,17H2,(H,18,19)(H,20,28)(H,21,27)(H,22,26)(H,24,25)(H,29,30). The van der Waals surface area contributed by atoms with Crippen LogP contribution in [0.3, 0.4) is 0 Å². The van der Waals surface area contributed by atoms with Crippen molar-refractivity contribution in [3.8, 4) is 0 Å². The largest absolute Gasteiger partial charge is 0.481 e. The summed E-state index contributed by atoms with van der Waals surface area (Å²) >= 11 is 3.97. The third-order valence-electron chi connectivity index (χ3n) is 3.96. The highest BCUT2D eigenvalue weighted by molar-refractivity contribution is 7.80. The summed E-state index contributed by atoms with van der Waals surface area (Å²) < 4.78 is 0. The van der Waals surface area contributed by atoms with E-state index in [4.69, 9.17) is 21.1 Å². The van der Waals surface area contributed by atoms with Gasteiger partial charge in [-0.3, -0.25) is 19.2 Å². The molecule has 1 heterocycles. The molecule has 9 N–H and O–H groups in total. The lowest BCUT2D eigenvalue weighted by molar-refractivity contribution is -0.143. The number of hydrogen-bond donors (Lipinski definition) is 9. The van der Waals surface area contributed by atoms with Gasteiger partial charge in [0.2, 0.25) is 17.7 Å². The number of aliphatic hydroxyl groups excluding tert-OH is 1. The van der Waals surface area contributed by atoms with E-state index in [1.807, 2.05) is 0 Å². The number of aliphatic carboxylic acids is 2. The van der Waals surface area contributed by atoms with Crippen molar-refractivity contribution >= 4 is 42.3 Å². The van der Waals surface area contributed by atoms with Gasteiger partial charge in [0.1, 0.15) is 18.1 Å². The molecule has 0 saturated heterocycles. The normalized spacial score (nSPS) is 14.5. The van der Waals surface area contributed by atoms with Crippen LogP contribution in [0.15, 0.2) is 12.5 Å². The molecular formula is C16H24N6O8S. The van der Waals surface area contributed by atoms with Crippen LogP contribution in [0.25, 0.3) is 0 Å². The number of nitrogens with one attached hydrogen (secondary N) is 4. The Kier molecular flexibility index (Phi) is 10.4. The Balaban J connectivity index is 2.90. The van der Waals surface area contributed by atoms with Crippen LogP contribution in [0, 0.1) is 0 Å². The van der Waals surface area contributed by atoms with Gasteiger partial charge in [-0.15, -0.1) is 0 Å². The van der Waals surface area contributed by atoms with Gasteiger partial charge in [0.25, 0.3) is 0 Å². The number of aromatic nitrogens is 2. The monoisotopic (exact) mass is 460 g/mol. The number of rotatable bonds is 13. The predicted octanol–water partition coefficient (Wildman–Crippen LogP) is -3.78. The number of thiol groups is 1. The van der Waals surface area contributed by atoms with Crippen molar-refractivity contribution in [1.29, 1.82) is 0 Å². The third-order valence-corrected chi connectivity index (χ3v) is 4.32. The maximum Gasteiger partial charge on any atom is 0.328 e. The summed E-state index contributed by atoms with van der Waals surface area (Å²) in [7, 11) is 0. The van der Waals surface area contributed by atoms with Gasteiger partial charge in [-0.25, -0.2) is 9.78 Å². The topological polar surface area (TPSA) is 237 Å². The number of amides is 3. The maximum absolute atomic E-state index is 12.6. The Morgan fingerprint density at radius 3 is 2.10 bits per heavy atom. The first-order valence-corrected chi connectivity index (χ1v) is 9.52. The number of aliphatic hydroxyl groups is 1. The molecule has 0 aromatic carbocycles. The lowest BCUT2D eigenvalue weighted by Crippen LogP contribution is -2.58. The molecule has 4 atom stereocenters. The molecule has 0 saturated carbocycles. The second-order valence-corrected chi connectivity index (χ2v) is 6.74. The minimum atomic E-state index is -1.59. The van der Waals surface area contributed by atoms with Crippen molar-refractivity contribution in [2.45, 2.75) is 37.0 Å². The van der Waals surface area contributed by atoms with Crippen molar-refractivity contribution in [2.24, 2.45) is 5.73 Å². The highest BCUT2D eigenvalue weighted by atomic mass is 32.1. The Morgan fingerprint density at radius 1 is 1.03 bits per heavy atom. The Morgan fingerprint density at radius 2 is 1.61 bits per heavy atom. The van der Waals surface area contributed by atoms with E-state index in [0.717, 1.165) is 0 Å². The van der Waals surface area contributed by atoms with E-state index < -0.39 is 66.9 Å². The van der Waals surface area contributed by atoms with E-state index in [1.165, 1.54) is 12.5 Å². The molecule has 0 radical (unpaired) electrons. The smallest absolute Gasteiger partial charge is 0.328 e. The SMILES string of the molecule is NC(CC(=O)O)C(=O)NC(CS)C(=O)NC(Cc1cnc[nH]1)C(=O)NC(CO)C(=O)O. The Bertz CT molecular complexity index is 789. The number of H-pyrrole nitrogens is 1. The number of carbonyl (C=O) groups excluding carboxylic acids is 3. The molecule has 0 aliphatic rings. The molecule has 1 aromatic rings. The van der Waals surface area contributed by atoms with E-state index in [0.29, 0.717) is 5.69 Å². The van der Waals surface area contributed by atoms with Crippen molar-refractivity contribution < 1.29 is 39.3 Å². The fourth-order valence-corrected chi connectivity index (χ4v) is 2.57. The molecule has 14 nitrogen and oxygen atoms in total. The molecule has 172 valence electrons. The Labute approximate surface area is 181 Å². The van der Waals surface area contributed by atoms with E-state index in [-0.39, 0.29) is 12.2 Å². The van der Waals surface area contributed by atoms with Crippen molar-refractivity contribution in [1.82, 2.24) is 25.9 Å². The lowest BCUT2D eigenvalue weighted by atomic mass is 10.1. The average molecular weight is 460 g/mol. The van der Waals surface area contributed by atoms with Gasteiger partial charge < -0.3 is 42.0 Å². The second kappa shape index (κ2) is 12.5. The maximum atomic E-state index is 12.6. The number of carbonyl (C=O) groups is 5. The minimum absolute atomic E-state index is 0.110. The highest BCUT2D eigenvalue weighted by Crippen LogP contribution is 2.02. The van der Waals surface area contributed by atoms with E-state index in [2.05, 4.69) is 38.5 Å². The van der Waals surface area contributed by atoms with E-state index in [1.54, 1.807) is 0 Å². The predicted molar refractivity (Wildman–Crippen MR) is 107 cm³/mol. The number of aromatic amines is 1. The van der Waals surface area contributed by atoms with Crippen molar-refractivity contribution in [3.63, 3.8) is 0 Å².